The zero-order chi connectivity index (χ0) is 15.8. The van der Waals surface area contributed by atoms with Crippen LogP contribution in [0.5, 0.6) is 0 Å². The highest BCUT2D eigenvalue weighted by molar-refractivity contribution is 6.41. The monoisotopic (exact) mass is 347 g/mol. The molecular weight excluding hydrogens is 329 g/mol. The van der Waals surface area contributed by atoms with Crippen molar-refractivity contribution in [2.45, 2.75) is 45.2 Å². The molecule has 1 heterocycles. The van der Waals surface area contributed by atoms with Crippen molar-refractivity contribution in [2.24, 2.45) is 0 Å². The Hall–Kier alpha value is -0.610. The van der Waals surface area contributed by atoms with Crippen molar-refractivity contribution in [3.05, 3.63) is 39.0 Å². The summed E-state index contributed by atoms with van der Waals surface area (Å²) in [5.41, 5.74) is 7.93. The number of hydrogen-bond acceptors (Lipinski definition) is 3. The number of nitrogens with one attached hydrogen (secondary N) is 3. The summed E-state index contributed by atoms with van der Waals surface area (Å²) in [5, 5.41) is 5.05. The molecule has 1 aromatic carbocycles. The molecule has 0 radical (unpaired) electrons. The van der Waals surface area contributed by atoms with Gasteiger partial charge in [-0.1, -0.05) is 34.8 Å². The maximum Gasteiger partial charge on any atom is 0.0913 e. The highest BCUT2D eigenvalue weighted by atomic mass is 35.5. The molecule has 116 valence electrons. The zero-order valence-corrected chi connectivity index (χ0v) is 14.8. The number of hydrazine groups is 1. The van der Waals surface area contributed by atoms with E-state index in [1.54, 1.807) is 12.1 Å². The van der Waals surface area contributed by atoms with Crippen LogP contribution < -0.4 is 16.2 Å². The Morgan fingerprint density at radius 1 is 1.00 bits per heavy atom. The summed E-state index contributed by atoms with van der Waals surface area (Å²) in [5.74, 6) is 0. The SMILES string of the molecule is CC1(C)C=C(NNc2c(Cl)cc(Cl)cc2Cl)CC(C)(C)N1. The minimum atomic E-state index is -0.0840. The van der Waals surface area contributed by atoms with Crippen LogP contribution in [0.2, 0.25) is 15.1 Å². The van der Waals surface area contributed by atoms with E-state index in [1.807, 2.05) is 0 Å². The van der Waals surface area contributed by atoms with E-state index in [0.29, 0.717) is 20.8 Å². The van der Waals surface area contributed by atoms with Crippen molar-refractivity contribution in [2.75, 3.05) is 5.43 Å². The van der Waals surface area contributed by atoms with Gasteiger partial charge < -0.3 is 10.7 Å². The van der Waals surface area contributed by atoms with E-state index in [0.717, 1.165) is 12.1 Å². The molecule has 0 aliphatic carbocycles. The Bertz CT molecular complexity index is 557. The second-order valence-corrected chi connectivity index (χ2v) is 7.82. The van der Waals surface area contributed by atoms with Crippen LogP contribution in [0.3, 0.4) is 0 Å². The Labute approximate surface area is 141 Å². The van der Waals surface area contributed by atoms with Crippen molar-refractivity contribution < 1.29 is 0 Å². The topological polar surface area (TPSA) is 36.1 Å². The molecule has 1 aliphatic heterocycles. The molecule has 0 amide bonds. The number of rotatable bonds is 3. The smallest absolute Gasteiger partial charge is 0.0913 e. The van der Waals surface area contributed by atoms with Gasteiger partial charge in [0.15, 0.2) is 0 Å². The third kappa shape index (κ3) is 4.43. The molecule has 0 saturated carbocycles. The summed E-state index contributed by atoms with van der Waals surface area (Å²) >= 11 is 18.2. The van der Waals surface area contributed by atoms with Crippen molar-refractivity contribution in [1.29, 1.82) is 0 Å². The van der Waals surface area contributed by atoms with Crippen molar-refractivity contribution >= 4 is 40.5 Å². The minimum absolute atomic E-state index is 0.00977. The van der Waals surface area contributed by atoms with Crippen molar-refractivity contribution in [3.8, 4) is 0 Å². The first kappa shape index (κ1) is 16.8. The van der Waals surface area contributed by atoms with Crippen LogP contribution in [-0.4, -0.2) is 11.1 Å². The molecule has 0 unspecified atom stereocenters. The highest BCUT2D eigenvalue weighted by Gasteiger charge is 2.32. The molecule has 0 bridgehead atoms. The molecule has 1 aliphatic rings. The Kier molecular flexibility index (Phi) is 4.69. The van der Waals surface area contributed by atoms with E-state index in [4.69, 9.17) is 34.8 Å². The molecule has 21 heavy (non-hydrogen) atoms. The number of halogens is 3. The molecule has 2 rings (SSSR count). The van der Waals surface area contributed by atoms with E-state index in [9.17, 15) is 0 Å². The van der Waals surface area contributed by atoms with Gasteiger partial charge in [-0.05, 0) is 45.9 Å². The van der Waals surface area contributed by atoms with Crippen LogP contribution in [-0.2, 0) is 0 Å². The van der Waals surface area contributed by atoms with Crippen LogP contribution in [0.15, 0.2) is 23.9 Å². The van der Waals surface area contributed by atoms with Gasteiger partial charge in [0.1, 0.15) is 0 Å². The van der Waals surface area contributed by atoms with Crippen LogP contribution in [0.4, 0.5) is 5.69 Å². The first-order chi connectivity index (χ1) is 9.58. The fourth-order valence-corrected chi connectivity index (χ4v) is 3.71. The predicted octanol–water partition coefficient (Wildman–Crippen LogP) is 5.00. The largest absolute Gasteiger partial charge is 0.305 e. The van der Waals surface area contributed by atoms with Gasteiger partial charge in [-0.3, -0.25) is 5.43 Å². The zero-order valence-electron chi connectivity index (χ0n) is 12.6. The van der Waals surface area contributed by atoms with Gasteiger partial charge in [0, 0.05) is 28.2 Å². The summed E-state index contributed by atoms with van der Waals surface area (Å²) in [4.78, 5) is 0. The number of anilines is 1. The van der Waals surface area contributed by atoms with Crippen molar-refractivity contribution in [1.82, 2.24) is 10.7 Å². The van der Waals surface area contributed by atoms with Crippen LogP contribution in [0.25, 0.3) is 0 Å². The number of hydrogen-bond donors (Lipinski definition) is 3. The summed E-state index contributed by atoms with van der Waals surface area (Å²) in [6, 6.07) is 3.31. The second kappa shape index (κ2) is 5.88. The summed E-state index contributed by atoms with van der Waals surface area (Å²) < 4.78 is 0. The van der Waals surface area contributed by atoms with Crippen LogP contribution in [0, 0.1) is 0 Å². The molecule has 0 spiro atoms. The fourth-order valence-electron chi connectivity index (χ4n) is 2.80. The maximum absolute atomic E-state index is 6.16. The fraction of sp³-hybridized carbons (Fsp3) is 0.467. The molecule has 3 nitrogen and oxygen atoms in total. The van der Waals surface area contributed by atoms with Gasteiger partial charge >= 0.3 is 0 Å². The maximum atomic E-state index is 6.16. The minimum Gasteiger partial charge on any atom is -0.305 e. The van der Waals surface area contributed by atoms with Crippen LogP contribution >= 0.6 is 34.8 Å². The molecule has 0 saturated heterocycles. The average Bonchev–Trinajstić information content (AvgIpc) is 2.22. The standard InChI is InChI=1S/C15H20Cl3N3/c1-14(2)7-10(8-15(3,4)21-14)19-20-13-11(17)5-9(16)6-12(13)18/h5-7,19-21H,8H2,1-4H3. The summed E-state index contributed by atoms with van der Waals surface area (Å²) in [6.45, 7) is 8.62. The third-order valence-electron chi connectivity index (χ3n) is 3.18. The molecule has 6 heteroatoms. The van der Waals surface area contributed by atoms with Gasteiger partial charge in [0.2, 0.25) is 0 Å². The quantitative estimate of drug-likeness (QED) is 0.673. The Morgan fingerprint density at radius 3 is 2.10 bits per heavy atom. The lowest BCUT2D eigenvalue weighted by Gasteiger charge is -2.41. The highest BCUT2D eigenvalue weighted by Crippen LogP contribution is 2.33. The average molecular weight is 349 g/mol. The van der Waals surface area contributed by atoms with Gasteiger partial charge in [0.25, 0.3) is 0 Å². The molecular formula is C15H20Cl3N3. The second-order valence-electron chi connectivity index (χ2n) is 6.57. The van der Waals surface area contributed by atoms with E-state index < -0.39 is 0 Å². The van der Waals surface area contributed by atoms with Gasteiger partial charge in [-0.25, -0.2) is 0 Å². The van der Waals surface area contributed by atoms with E-state index in [1.165, 1.54) is 0 Å². The summed E-state index contributed by atoms with van der Waals surface area (Å²) in [6.07, 6.45) is 3.02. The lowest BCUT2D eigenvalue weighted by molar-refractivity contribution is 0.278. The predicted molar refractivity (Wildman–Crippen MR) is 92.2 cm³/mol. The van der Waals surface area contributed by atoms with E-state index >= 15 is 0 Å². The molecule has 0 aromatic heterocycles. The molecule has 1 aromatic rings. The third-order valence-corrected chi connectivity index (χ3v) is 4.00. The summed E-state index contributed by atoms with van der Waals surface area (Å²) in [7, 11) is 0. The Balaban J connectivity index is 2.15. The normalized spacial score (nSPS) is 19.9. The van der Waals surface area contributed by atoms with Gasteiger partial charge in [-0.2, -0.15) is 0 Å². The van der Waals surface area contributed by atoms with E-state index in [2.05, 4.69) is 49.9 Å². The first-order valence-electron chi connectivity index (χ1n) is 6.76. The molecule has 0 atom stereocenters. The number of benzene rings is 1. The lowest BCUT2D eigenvalue weighted by atomic mass is 9.86. The van der Waals surface area contributed by atoms with E-state index in [-0.39, 0.29) is 11.1 Å². The Morgan fingerprint density at radius 2 is 1.57 bits per heavy atom. The molecule has 0 fully saturated rings. The lowest BCUT2D eigenvalue weighted by Crippen LogP contribution is -2.55. The first-order valence-corrected chi connectivity index (χ1v) is 7.89. The van der Waals surface area contributed by atoms with Gasteiger partial charge in [-0.15, -0.1) is 0 Å². The van der Waals surface area contributed by atoms with Crippen molar-refractivity contribution in [3.63, 3.8) is 0 Å². The molecule has 3 N–H and O–H groups in total. The van der Waals surface area contributed by atoms with Crippen LogP contribution in [0.1, 0.15) is 34.1 Å². The van der Waals surface area contributed by atoms with Gasteiger partial charge in [0.05, 0.1) is 15.7 Å².